The van der Waals surface area contributed by atoms with Crippen LogP contribution < -0.4 is 0 Å². The van der Waals surface area contributed by atoms with E-state index in [1.165, 1.54) is 24.5 Å². The molecule has 4 aromatic heterocycles. The summed E-state index contributed by atoms with van der Waals surface area (Å²) < 4.78 is 93.3. The van der Waals surface area contributed by atoms with Gasteiger partial charge in [-0.05, 0) is 77.3 Å². The fraction of sp³-hybridized carbons (Fsp3) is 0.300. The van der Waals surface area contributed by atoms with E-state index in [0.717, 1.165) is 16.8 Å². The summed E-state index contributed by atoms with van der Waals surface area (Å²) in [6.45, 7) is 3.75. The van der Waals surface area contributed by atoms with E-state index in [2.05, 4.69) is 27.1 Å². The van der Waals surface area contributed by atoms with Crippen molar-refractivity contribution in [3.63, 3.8) is 0 Å². The summed E-state index contributed by atoms with van der Waals surface area (Å²) in [5.41, 5.74) is 1.51. The molecule has 6 heteroatoms. The fourth-order valence-corrected chi connectivity index (χ4v) is 4.82. The van der Waals surface area contributed by atoms with Crippen molar-refractivity contribution in [1.82, 2.24) is 15.0 Å². The third-order valence-corrected chi connectivity index (χ3v) is 6.87. The molecule has 0 aliphatic carbocycles. The van der Waals surface area contributed by atoms with Crippen molar-refractivity contribution in [1.29, 1.82) is 5.26 Å². The number of aryl methyl sites for hydroxylation is 3. The first-order valence-corrected chi connectivity index (χ1v) is 14.3. The van der Waals surface area contributed by atoms with Crippen molar-refractivity contribution in [2.75, 3.05) is 0 Å². The molecule has 0 amide bonds. The predicted octanol–water partition coefficient (Wildman–Crippen LogP) is 10.1. The Morgan fingerprint density at radius 1 is 0.935 bits per heavy atom. The summed E-state index contributed by atoms with van der Waals surface area (Å²) in [6, 6.07) is 23.4. The Bertz CT molecular complexity index is 2440. The second-order valence-electron chi connectivity index (χ2n) is 12.7. The molecule has 237 valence electrons. The number of hydrogen-bond donors (Lipinski definition) is 0. The molecule has 0 N–H and O–H groups in total. The molecular formula is C40H40IrN4O-2. The number of pyridine rings is 3. The van der Waals surface area contributed by atoms with Gasteiger partial charge in [-0.1, -0.05) is 70.9 Å². The quantitative estimate of drug-likeness (QED) is 0.167. The van der Waals surface area contributed by atoms with E-state index >= 15 is 0 Å². The van der Waals surface area contributed by atoms with Gasteiger partial charge in [0.1, 0.15) is 11.8 Å². The maximum Gasteiger partial charge on any atom is 0.217 e. The first kappa shape index (κ1) is 22.4. The summed E-state index contributed by atoms with van der Waals surface area (Å²) in [5.74, 6) is 0. The van der Waals surface area contributed by atoms with Crippen molar-refractivity contribution in [3.05, 3.63) is 113 Å². The van der Waals surface area contributed by atoms with Crippen LogP contribution in [-0.2, 0) is 31.9 Å². The molecule has 6 aromatic rings. The molecule has 0 bridgehead atoms. The Morgan fingerprint density at radius 2 is 1.72 bits per heavy atom. The van der Waals surface area contributed by atoms with Crippen LogP contribution in [0.25, 0.3) is 44.6 Å². The zero-order valence-corrected chi connectivity index (χ0v) is 28.8. The van der Waals surface area contributed by atoms with E-state index in [1.54, 1.807) is 45.0 Å². The number of nitriles is 1. The van der Waals surface area contributed by atoms with Crippen LogP contribution in [-0.4, -0.2) is 15.0 Å². The van der Waals surface area contributed by atoms with Crippen molar-refractivity contribution in [2.24, 2.45) is 5.41 Å². The largest absolute Gasteiger partial charge is 0.486 e. The molecule has 0 aliphatic heterocycles. The topological polar surface area (TPSA) is 75.6 Å². The molecule has 0 aliphatic rings. The number of rotatable bonds is 3. The van der Waals surface area contributed by atoms with Crippen LogP contribution in [0.5, 0.6) is 0 Å². The van der Waals surface area contributed by atoms with E-state index < -0.39 is 37.8 Å². The number of benzene rings is 2. The van der Waals surface area contributed by atoms with Gasteiger partial charge in [0.25, 0.3) is 0 Å². The SMILES string of the molecule is [2H]C([2H])([2H])c1ccc(-c2[c-]cccc2)nc1.[2H]C([2H])([2H])c1cnc(-c2[c-]cc(C(C)(C)C)c3c2oc2nc(C#N)c(C([2H])([2H])[2H])cc23)cc1C([2H])([2H])C(C)(C)C.[Ir]. The van der Waals surface area contributed by atoms with Crippen molar-refractivity contribution < 1.29 is 39.6 Å². The minimum absolute atomic E-state index is 0. The van der Waals surface area contributed by atoms with Crippen LogP contribution in [0.2, 0.25) is 0 Å². The van der Waals surface area contributed by atoms with Crippen LogP contribution in [0.15, 0.2) is 71.4 Å². The summed E-state index contributed by atoms with van der Waals surface area (Å²) >= 11 is 0. The van der Waals surface area contributed by atoms with Crippen LogP contribution in [0, 0.1) is 49.4 Å². The number of nitrogens with zero attached hydrogens (tertiary/aromatic N) is 4. The first-order chi connectivity index (χ1) is 25.7. The Hall–Kier alpha value is -4.17. The molecule has 4 heterocycles. The average Bonchev–Trinajstić information content (AvgIpc) is 3.47. The van der Waals surface area contributed by atoms with Gasteiger partial charge in [0, 0.05) is 53.0 Å². The molecule has 0 fully saturated rings. The smallest absolute Gasteiger partial charge is 0.217 e. The van der Waals surface area contributed by atoms with Crippen molar-refractivity contribution >= 4 is 22.1 Å². The molecule has 0 spiro atoms. The monoisotopic (exact) mass is 796 g/mol. The van der Waals surface area contributed by atoms with Gasteiger partial charge in [-0.15, -0.1) is 53.6 Å². The number of aromatic nitrogens is 3. The zero-order valence-electron chi connectivity index (χ0n) is 37.4. The van der Waals surface area contributed by atoms with E-state index in [9.17, 15) is 5.26 Å². The summed E-state index contributed by atoms with van der Waals surface area (Å²) in [4.78, 5) is 12.8. The van der Waals surface area contributed by atoms with Crippen molar-refractivity contribution in [3.8, 4) is 28.6 Å². The molecule has 0 saturated carbocycles. The Labute approximate surface area is 301 Å². The average molecular weight is 796 g/mol. The van der Waals surface area contributed by atoms with Gasteiger partial charge in [-0.3, -0.25) is 0 Å². The van der Waals surface area contributed by atoms with Crippen LogP contribution in [0.4, 0.5) is 0 Å². The number of hydrogen-bond acceptors (Lipinski definition) is 5. The summed E-state index contributed by atoms with van der Waals surface area (Å²) in [5, 5.41) is 10.6. The maximum atomic E-state index is 9.59. The Balaban J connectivity index is 0.000000353. The van der Waals surface area contributed by atoms with E-state index in [1.807, 2.05) is 45.0 Å². The molecule has 0 saturated heterocycles. The van der Waals surface area contributed by atoms with Gasteiger partial charge in [-0.25, -0.2) is 4.98 Å². The summed E-state index contributed by atoms with van der Waals surface area (Å²) in [7, 11) is 0. The molecule has 6 rings (SSSR count). The minimum Gasteiger partial charge on any atom is -0.486 e. The van der Waals surface area contributed by atoms with Crippen molar-refractivity contribution in [2.45, 2.75) is 73.9 Å². The molecule has 0 atom stereocenters. The summed E-state index contributed by atoms with van der Waals surface area (Å²) in [6.07, 6.45) is 0.522. The van der Waals surface area contributed by atoms with Crippen LogP contribution >= 0.6 is 0 Å². The van der Waals surface area contributed by atoms with Crippen LogP contribution in [0.1, 0.15) is 90.1 Å². The van der Waals surface area contributed by atoms with E-state index in [-0.39, 0.29) is 65.0 Å². The first-order valence-electron chi connectivity index (χ1n) is 19.8. The second kappa shape index (κ2) is 13.7. The molecule has 5 nitrogen and oxygen atoms in total. The zero-order chi connectivity index (χ0) is 41.8. The second-order valence-corrected chi connectivity index (χ2v) is 12.7. The molecular weight excluding hydrogens is 745 g/mol. The molecule has 0 unspecified atom stereocenters. The number of furan rings is 1. The molecule has 2 aromatic carbocycles. The van der Waals surface area contributed by atoms with Gasteiger partial charge in [-0.2, -0.15) is 5.26 Å². The van der Waals surface area contributed by atoms with Crippen LogP contribution in [0.3, 0.4) is 0 Å². The van der Waals surface area contributed by atoms with Gasteiger partial charge >= 0.3 is 0 Å². The fourth-order valence-electron chi connectivity index (χ4n) is 4.82. The standard InChI is InChI=1S/C28H30N3O.C12H10N.Ir/c1-16-11-20-24-21(28(6,7)8)10-9-19(25(24)32-26(20)31-23(16)14-29)22-12-18(13-27(3,4)5)17(2)15-30-22;1-10-7-8-12(13-9-10)11-5-3-2-4-6-11;/h10-12,15H,13H2,1-8H3;2-5,7-9H,1H3;/q2*-1;/i1D3,2D3,13D2;1D3;. The van der Waals surface area contributed by atoms with Gasteiger partial charge in [0.15, 0.2) is 0 Å². The predicted molar refractivity (Wildman–Crippen MR) is 183 cm³/mol. The van der Waals surface area contributed by atoms with Gasteiger partial charge in [0.05, 0.1) is 5.58 Å². The third-order valence-electron chi connectivity index (χ3n) is 6.87. The maximum absolute atomic E-state index is 9.59. The van der Waals surface area contributed by atoms with Gasteiger partial charge in [0.2, 0.25) is 5.71 Å². The Morgan fingerprint density at radius 3 is 2.33 bits per heavy atom. The number of fused-ring (bicyclic) bond motifs is 3. The van der Waals surface area contributed by atoms with E-state index in [0.29, 0.717) is 16.3 Å². The van der Waals surface area contributed by atoms with E-state index in [4.69, 9.17) is 19.5 Å². The third kappa shape index (κ3) is 7.61. The Kier molecular flexibility index (Phi) is 6.65. The normalized spacial score (nSPS) is 16.2. The molecule has 1 radical (unpaired) electrons. The minimum atomic E-state index is -2.60. The molecule has 46 heavy (non-hydrogen) atoms. The van der Waals surface area contributed by atoms with Gasteiger partial charge < -0.3 is 14.4 Å².